The Bertz CT molecular complexity index is 249. The van der Waals surface area contributed by atoms with Crippen molar-refractivity contribution in [3.05, 3.63) is 0 Å². The molecule has 2 aliphatic rings. The monoisotopic (exact) mass is 270 g/mol. The zero-order valence-corrected chi connectivity index (χ0v) is 13.0. The summed E-state index contributed by atoms with van der Waals surface area (Å²) in [7, 11) is 0. The van der Waals surface area contributed by atoms with E-state index in [4.69, 9.17) is 5.73 Å². The summed E-state index contributed by atoms with van der Waals surface area (Å²) < 4.78 is 0. The molecule has 0 bridgehead atoms. The Morgan fingerprint density at radius 3 is 2.61 bits per heavy atom. The topological polar surface area (TPSA) is 29.3 Å². The molecule has 0 aromatic carbocycles. The maximum absolute atomic E-state index is 6.19. The van der Waals surface area contributed by atoms with Gasteiger partial charge in [0, 0.05) is 36.2 Å². The first-order chi connectivity index (χ1) is 8.70. The molecule has 3 heteroatoms. The van der Waals surface area contributed by atoms with Crippen molar-refractivity contribution in [2.75, 3.05) is 25.4 Å². The van der Waals surface area contributed by atoms with Crippen LogP contribution in [-0.2, 0) is 0 Å². The first kappa shape index (κ1) is 14.7. The minimum atomic E-state index is 0.347. The van der Waals surface area contributed by atoms with Crippen molar-refractivity contribution in [3.63, 3.8) is 0 Å². The largest absolute Gasteiger partial charge is 0.329 e. The summed E-state index contributed by atoms with van der Waals surface area (Å²) in [4.78, 5) is 2.73. The molecule has 1 saturated heterocycles. The molecule has 2 N–H and O–H groups in total. The van der Waals surface area contributed by atoms with Gasteiger partial charge in [0.05, 0.1) is 0 Å². The van der Waals surface area contributed by atoms with Gasteiger partial charge in [0.2, 0.25) is 0 Å². The second-order valence-electron chi connectivity index (χ2n) is 6.29. The fraction of sp³-hybridized carbons (Fsp3) is 1.00. The first-order valence-corrected chi connectivity index (χ1v) is 8.82. The van der Waals surface area contributed by atoms with E-state index in [0.717, 1.165) is 17.7 Å². The molecule has 0 radical (unpaired) electrons. The van der Waals surface area contributed by atoms with Crippen molar-refractivity contribution in [2.24, 2.45) is 11.7 Å². The highest BCUT2D eigenvalue weighted by Gasteiger charge is 2.40. The molecule has 1 unspecified atom stereocenters. The predicted octanol–water partition coefficient (Wildman–Crippen LogP) is 3.11. The van der Waals surface area contributed by atoms with Crippen LogP contribution in [0.5, 0.6) is 0 Å². The third-order valence-corrected chi connectivity index (χ3v) is 6.16. The molecule has 0 aromatic heterocycles. The molecule has 18 heavy (non-hydrogen) atoms. The molecule has 0 amide bonds. The number of rotatable bonds is 4. The fourth-order valence-electron chi connectivity index (χ4n) is 3.81. The van der Waals surface area contributed by atoms with E-state index in [1.54, 1.807) is 0 Å². The van der Waals surface area contributed by atoms with Gasteiger partial charge in [-0.15, -0.1) is 0 Å². The number of nitrogens with zero attached hydrogens (tertiary/aromatic N) is 1. The third kappa shape index (κ3) is 3.23. The number of hydrogen-bond donors (Lipinski definition) is 1. The van der Waals surface area contributed by atoms with Gasteiger partial charge in [-0.1, -0.05) is 26.7 Å². The van der Waals surface area contributed by atoms with Crippen molar-refractivity contribution < 1.29 is 0 Å². The van der Waals surface area contributed by atoms with Gasteiger partial charge in [0.1, 0.15) is 0 Å². The highest BCUT2D eigenvalue weighted by atomic mass is 32.2. The number of hydrogen-bond acceptors (Lipinski definition) is 3. The van der Waals surface area contributed by atoms with E-state index in [1.165, 1.54) is 57.4 Å². The van der Waals surface area contributed by atoms with Gasteiger partial charge >= 0.3 is 0 Å². The molecule has 1 aliphatic heterocycles. The molecule has 1 saturated carbocycles. The zero-order valence-electron chi connectivity index (χ0n) is 12.2. The minimum absolute atomic E-state index is 0.347. The predicted molar refractivity (Wildman–Crippen MR) is 82.1 cm³/mol. The van der Waals surface area contributed by atoms with E-state index in [2.05, 4.69) is 30.5 Å². The standard InChI is InChI=1S/C15H30N2S/c1-3-4-14-5-7-15(12-16,8-6-14)17-9-10-18-13(2)11-17/h13-14H,3-12,16H2,1-2H3. The van der Waals surface area contributed by atoms with Crippen LogP contribution in [0.2, 0.25) is 0 Å². The van der Waals surface area contributed by atoms with Crippen molar-refractivity contribution in [3.8, 4) is 0 Å². The van der Waals surface area contributed by atoms with Crippen LogP contribution in [0, 0.1) is 5.92 Å². The molecular weight excluding hydrogens is 240 g/mol. The second-order valence-corrected chi connectivity index (χ2v) is 7.83. The Morgan fingerprint density at radius 1 is 1.33 bits per heavy atom. The van der Waals surface area contributed by atoms with E-state index in [-0.39, 0.29) is 0 Å². The summed E-state index contributed by atoms with van der Waals surface area (Å²) in [5, 5.41) is 0.788. The van der Waals surface area contributed by atoms with Gasteiger partial charge in [-0.25, -0.2) is 0 Å². The summed E-state index contributed by atoms with van der Waals surface area (Å²) in [6.07, 6.45) is 8.26. The molecular formula is C15H30N2S. The van der Waals surface area contributed by atoms with Gasteiger partial charge in [-0.3, -0.25) is 4.90 Å². The third-order valence-electron chi connectivity index (χ3n) is 5.02. The summed E-state index contributed by atoms with van der Waals surface area (Å²) in [6.45, 7) is 8.05. The van der Waals surface area contributed by atoms with Crippen LogP contribution < -0.4 is 5.73 Å². The van der Waals surface area contributed by atoms with E-state index in [9.17, 15) is 0 Å². The van der Waals surface area contributed by atoms with Crippen molar-refractivity contribution in [1.82, 2.24) is 4.90 Å². The lowest BCUT2D eigenvalue weighted by atomic mass is 9.74. The Morgan fingerprint density at radius 2 is 2.06 bits per heavy atom. The SMILES string of the molecule is CCCC1CCC(CN)(N2CCSC(C)C2)CC1. The van der Waals surface area contributed by atoms with Gasteiger partial charge in [0.25, 0.3) is 0 Å². The van der Waals surface area contributed by atoms with Gasteiger partial charge in [-0.2, -0.15) is 11.8 Å². The average molecular weight is 270 g/mol. The number of thioether (sulfide) groups is 1. The Labute approximate surface area is 117 Å². The second kappa shape index (κ2) is 6.62. The van der Waals surface area contributed by atoms with Crippen LogP contribution in [0.4, 0.5) is 0 Å². The lowest BCUT2D eigenvalue weighted by molar-refractivity contribution is 0.0444. The smallest absolute Gasteiger partial charge is 0.0332 e. The number of nitrogens with two attached hydrogens (primary N) is 1. The van der Waals surface area contributed by atoms with Crippen LogP contribution in [0.15, 0.2) is 0 Å². The van der Waals surface area contributed by atoms with Gasteiger partial charge in [-0.05, 0) is 31.6 Å². The highest BCUT2D eigenvalue weighted by molar-refractivity contribution is 7.99. The van der Waals surface area contributed by atoms with Gasteiger partial charge in [0.15, 0.2) is 0 Å². The Kier molecular flexibility index (Phi) is 5.40. The lowest BCUT2D eigenvalue weighted by Gasteiger charge is -2.50. The minimum Gasteiger partial charge on any atom is -0.329 e. The highest BCUT2D eigenvalue weighted by Crippen LogP contribution is 2.39. The van der Waals surface area contributed by atoms with Gasteiger partial charge < -0.3 is 5.73 Å². The molecule has 2 nitrogen and oxygen atoms in total. The zero-order chi connectivity index (χ0) is 13.0. The summed E-state index contributed by atoms with van der Waals surface area (Å²) in [5.41, 5.74) is 6.53. The molecule has 1 atom stereocenters. The van der Waals surface area contributed by atoms with Crippen molar-refractivity contribution >= 4 is 11.8 Å². The maximum Gasteiger partial charge on any atom is 0.0332 e. The van der Waals surface area contributed by atoms with Crippen molar-refractivity contribution in [2.45, 2.75) is 63.2 Å². The normalized spacial score (nSPS) is 38.8. The maximum atomic E-state index is 6.19. The van der Waals surface area contributed by atoms with E-state index in [0.29, 0.717) is 5.54 Å². The lowest BCUT2D eigenvalue weighted by Crippen LogP contribution is -2.59. The van der Waals surface area contributed by atoms with Crippen LogP contribution in [0.25, 0.3) is 0 Å². The van der Waals surface area contributed by atoms with Crippen LogP contribution in [-0.4, -0.2) is 41.1 Å². The molecule has 1 heterocycles. The van der Waals surface area contributed by atoms with Crippen LogP contribution in [0.1, 0.15) is 52.4 Å². The molecule has 0 spiro atoms. The Balaban J connectivity index is 1.95. The van der Waals surface area contributed by atoms with E-state index >= 15 is 0 Å². The molecule has 2 fully saturated rings. The van der Waals surface area contributed by atoms with Crippen LogP contribution in [0.3, 0.4) is 0 Å². The molecule has 106 valence electrons. The molecule has 0 aromatic rings. The van der Waals surface area contributed by atoms with E-state index < -0.39 is 0 Å². The summed E-state index contributed by atoms with van der Waals surface area (Å²) >= 11 is 2.12. The average Bonchev–Trinajstić information content (AvgIpc) is 2.40. The van der Waals surface area contributed by atoms with Crippen LogP contribution >= 0.6 is 11.8 Å². The Hall–Kier alpha value is 0.270. The molecule has 2 rings (SSSR count). The summed E-state index contributed by atoms with van der Waals surface area (Å²) in [5.74, 6) is 2.27. The van der Waals surface area contributed by atoms with Crippen molar-refractivity contribution in [1.29, 1.82) is 0 Å². The van der Waals surface area contributed by atoms with E-state index in [1.807, 2.05) is 0 Å². The molecule has 1 aliphatic carbocycles. The quantitative estimate of drug-likeness (QED) is 0.851. The fourth-order valence-corrected chi connectivity index (χ4v) is 4.82. The summed E-state index contributed by atoms with van der Waals surface area (Å²) in [6, 6.07) is 0. The first-order valence-electron chi connectivity index (χ1n) is 7.77.